The fourth-order valence-electron chi connectivity index (χ4n) is 4.15. The average Bonchev–Trinajstić information content (AvgIpc) is 3.10. The second-order valence-corrected chi connectivity index (χ2v) is 7.97. The SMILES string of the molecule is Brc1ccc2c(c1)CCN(CC1(C3CCCO3)CC1)CC2. The lowest BCUT2D eigenvalue weighted by Gasteiger charge is -2.29. The van der Waals surface area contributed by atoms with Gasteiger partial charge in [0.15, 0.2) is 0 Å². The maximum atomic E-state index is 6.00. The van der Waals surface area contributed by atoms with Gasteiger partial charge in [0.25, 0.3) is 0 Å². The first kappa shape index (κ1) is 14.2. The van der Waals surface area contributed by atoms with Crippen LogP contribution >= 0.6 is 15.9 Å². The molecule has 1 saturated heterocycles. The summed E-state index contributed by atoms with van der Waals surface area (Å²) in [6, 6.07) is 6.80. The van der Waals surface area contributed by atoms with Crippen LogP contribution in [0, 0.1) is 5.41 Å². The summed E-state index contributed by atoms with van der Waals surface area (Å²) < 4.78 is 7.21. The number of hydrogen-bond acceptors (Lipinski definition) is 2. The number of fused-ring (bicyclic) bond motifs is 1. The van der Waals surface area contributed by atoms with Gasteiger partial charge in [-0.1, -0.05) is 22.0 Å². The zero-order valence-corrected chi connectivity index (χ0v) is 14.2. The Hall–Kier alpha value is -0.380. The van der Waals surface area contributed by atoms with Crippen LogP contribution in [-0.4, -0.2) is 37.2 Å². The average molecular weight is 350 g/mol. The third kappa shape index (κ3) is 2.93. The van der Waals surface area contributed by atoms with E-state index >= 15 is 0 Å². The summed E-state index contributed by atoms with van der Waals surface area (Å²) in [5, 5.41) is 0. The maximum absolute atomic E-state index is 6.00. The van der Waals surface area contributed by atoms with Crippen LogP contribution in [-0.2, 0) is 17.6 Å². The molecule has 1 atom stereocenters. The van der Waals surface area contributed by atoms with Crippen molar-refractivity contribution in [2.45, 2.75) is 44.6 Å². The van der Waals surface area contributed by atoms with Gasteiger partial charge in [0.2, 0.25) is 0 Å². The molecule has 0 spiro atoms. The molecule has 2 nitrogen and oxygen atoms in total. The predicted octanol–water partition coefficient (Wildman–Crippen LogP) is 3.81. The summed E-state index contributed by atoms with van der Waals surface area (Å²) in [6.07, 6.45) is 8.27. The van der Waals surface area contributed by atoms with Crippen molar-refractivity contribution in [3.05, 3.63) is 33.8 Å². The van der Waals surface area contributed by atoms with E-state index in [1.54, 1.807) is 5.56 Å². The van der Waals surface area contributed by atoms with Crippen molar-refractivity contribution >= 4 is 15.9 Å². The molecule has 2 fully saturated rings. The molecule has 1 saturated carbocycles. The molecule has 3 aliphatic rings. The quantitative estimate of drug-likeness (QED) is 0.822. The van der Waals surface area contributed by atoms with Gasteiger partial charge in [0.1, 0.15) is 0 Å². The topological polar surface area (TPSA) is 12.5 Å². The third-order valence-electron chi connectivity index (χ3n) is 5.61. The van der Waals surface area contributed by atoms with Gasteiger partial charge in [-0.15, -0.1) is 0 Å². The monoisotopic (exact) mass is 349 g/mol. The summed E-state index contributed by atoms with van der Waals surface area (Å²) in [4.78, 5) is 2.70. The van der Waals surface area contributed by atoms with Crippen LogP contribution in [0.25, 0.3) is 0 Å². The molecule has 1 aliphatic carbocycles. The summed E-state index contributed by atoms with van der Waals surface area (Å²) in [5.41, 5.74) is 3.59. The molecule has 0 N–H and O–H groups in total. The number of halogens is 1. The van der Waals surface area contributed by atoms with Crippen molar-refractivity contribution in [1.29, 1.82) is 0 Å². The molecule has 21 heavy (non-hydrogen) atoms. The molecule has 0 aromatic heterocycles. The van der Waals surface area contributed by atoms with Crippen LogP contribution in [0.3, 0.4) is 0 Å². The standard InChI is InChI=1S/C18H24BrNO/c19-16-4-3-14-5-9-20(10-6-15(14)12-16)13-18(7-8-18)17-2-1-11-21-17/h3-4,12,17H,1-2,5-11,13H2. The minimum atomic E-state index is 0.508. The highest BCUT2D eigenvalue weighted by Crippen LogP contribution is 2.53. The second-order valence-electron chi connectivity index (χ2n) is 7.05. The third-order valence-corrected chi connectivity index (χ3v) is 6.10. The highest BCUT2D eigenvalue weighted by molar-refractivity contribution is 9.10. The Kier molecular flexibility index (Phi) is 3.85. The van der Waals surface area contributed by atoms with E-state index in [0.717, 1.165) is 6.61 Å². The first-order valence-corrected chi connectivity index (χ1v) is 9.16. The van der Waals surface area contributed by atoms with Crippen molar-refractivity contribution in [1.82, 2.24) is 4.90 Å². The summed E-state index contributed by atoms with van der Waals surface area (Å²) in [6.45, 7) is 4.67. The van der Waals surface area contributed by atoms with E-state index in [4.69, 9.17) is 4.74 Å². The molecule has 2 aliphatic heterocycles. The fraction of sp³-hybridized carbons (Fsp3) is 0.667. The van der Waals surface area contributed by atoms with Crippen LogP contribution in [0.1, 0.15) is 36.8 Å². The molecule has 4 rings (SSSR count). The lowest BCUT2D eigenvalue weighted by molar-refractivity contribution is 0.0331. The second kappa shape index (κ2) is 5.68. The number of rotatable bonds is 3. The van der Waals surface area contributed by atoms with E-state index in [0.29, 0.717) is 11.5 Å². The van der Waals surface area contributed by atoms with Gasteiger partial charge in [0.05, 0.1) is 6.10 Å². The van der Waals surface area contributed by atoms with Crippen molar-refractivity contribution in [2.24, 2.45) is 5.41 Å². The molecular formula is C18H24BrNO. The van der Waals surface area contributed by atoms with Crippen LogP contribution in [0.2, 0.25) is 0 Å². The van der Waals surface area contributed by atoms with E-state index in [2.05, 4.69) is 39.0 Å². The van der Waals surface area contributed by atoms with E-state index in [9.17, 15) is 0 Å². The highest BCUT2D eigenvalue weighted by Gasteiger charge is 2.51. The van der Waals surface area contributed by atoms with E-state index in [1.807, 2.05) is 0 Å². The first-order chi connectivity index (χ1) is 10.3. The molecule has 0 bridgehead atoms. The Bertz CT molecular complexity index is 520. The van der Waals surface area contributed by atoms with Crippen LogP contribution in [0.5, 0.6) is 0 Å². The van der Waals surface area contributed by atoms with Gasteiger partial charge >= 0.3 is 0 Å². The number of ether oxygens (including phenoxy) is 1. The zero-order chi connectivity index (χ0) is 14.3. The minimum Gasteiger partial charge on any atom is -0.378 e. The highest BCUT2D eigenvalue weighted by atomic mass is 79.9. The summed E-state index contributed by atoms with van der Waals surface area (Å²) in [7, 11) is 0. The first-order valence-electron chi connectivity index (χ1n) is 8.36. The Morgan fingerprint density at radius 1 is 1.19 bits per heavy atom. The van der Waals surface area contributed by atoms with Crippen molar-refractivity contribution in [3.8, 4) is 0 Å². The Morgan fingerprint density at radius 3 is 2.71 bits per heavy atom. The number of benzene rings is 1. The van der Waals surface area contributed by atoms with Crippen molar-refractivity contribution in [2.75, 3.05) is 26.2 Å². The molecule has 114 valence electrons. The molecule has 0 radical (unpaired) electrons. The van der Waals surface area contributed by atoms with E-state index in [1.165, 1.54) is 68.2 Å². The Morgan fingerprint density at radius 2 is 2.00 bits per heavy atom. The lowest BCUT2D eigenvalue weighted by atomic mass is 9.96. The van der Waals surface area contributed by atoms with Gasteiger partial charge in [-0.3, -0.25) is 0 Å². The largest absolute Gasteiger partial charge is 0.378 e. The van der Waals surface area contributed by atoms with E-state index in [-0.39, 0.29) is 0 Å². The van der Waals surface area contributed by atoms with Crippen LogP contribution < -0.4 is 0 Å². The molecule has 3 heteroatoms. The Labute approximate surface area is 136 Å². The normalized spacial score (nSPS) is 28.1. The van der Waals surface area contributed by atoms with E-state index < -0.39 is 0 Å². The zero-order valence-electron chi connectivity index (χ0n) is 12.6. The summed E-state index contributed by atoms with van der Waals surface area (Å²) >= 11 is 3.60. The molecule has 1 unspecified atom stereocenters. The van der Waals surface area contributed by atoms with Crippen molar-refractivity contribution in [3.63, 3.8) is 0 Å². The van der Waals surface area contributed by atoms with Gasteiger partial charge in [-0.25, -0.2) is 0 Å². The molecule has 1 aromatic carbocycles. The van der Waals surface area contributed by atoms with Gasteiger partial charge in [0, 0.05) is 36.1 Å². The molecule has 1 aromatic rings. The van der Waals surface area contributed by atoms with Crippen molar-refractivity contribution < 1.29 is 4.74 Å². The van der Waals surface area contributed by atoms with Gasteiger partial charge in [-0.2, -0.15) is 0 Å². The predicted molar refractivity (Wildman–Crippen MR) is 88.6 cm³/mol. The maximum Gasteiger partial charge on any atom is 0.0644 e. The van der Waals surface area contributed by atoms with Gasteiger partial charge < -0.3 is 9.64 Å². The summed E-state index contributed by atoms with van der Waals surface area (Å²) in [5.74, 6) is 0. The number of nitrogens with zero attached hydrogens (tertiary/aromatic N) is 1. The van der Waals surface area contributed by atoms with Gasteiger partial charge in [-0.05, 0) is 61.8 Å². The molecule has 0 amide bonds. The number of hydrogen-bond donors (Lipinski definition) is 0. The smallest absolute Gasteiger partial charge is 0.0644 e. The van der Waals surface area contributed by atoms with Crippen LogP contribution in [0.15, 0.2) is 22.7 Å². The minimum absolute atomic E-state index is 0.508. The Balaban J connectivity index is 1.42. The molecule has 2 heterocycles. The fourth-order valence-corrected chi connectivity index (χ4v) is 4.56. The lowest BCUT2D eigenvalue weighted by Crippen LogP contribution is -2.38. The molecular weight excluding hydrogens is 326 g/mol. The van der Waals surface area contributed by atoms with Crippen LogP contribution in [0.4, 0.5) is 0 Å².